The van der Waals surface area contributed by atoms with Gasteiger partial charge in [0, 0.05) is 11.0 Å². The zero-order chi connectivity index (χ0) is 19.5. The highest BCUT2D eigenvalue weighted by Crippen LogP contribution is 2.33. The first kappa shape index (κ1) is 17.8. The van der Waals surface area contributed by atoms with Crippen molar-refractivity contribution in [1.29, 1.82) is 0 Å². The number of aliphatic hydroxyl groups excluding tert-OH is 1. The summed E-state index contributed by atoms with van der Waals surface area (Å²) in [7, 11) is 0. The third-order valence-corrected chi connectivity index (χ3v) is 4.67. The normalized spacial score (nSPS) is 18.0. The van der Waals surface area contributed by atoms with Gasteiger partial charge in [-0.3, -0.25) is 4.79 Å². The molecular formula is C19H15N5O3S. The number of thiazole rings is 1. The second-order valence-corrected chi connectivity index (χ2v) is 6.75. The molecule has 8 nitrogen and oxygen atoms in total. The summed E-state index contributed by atoms with van der Waals surface area (Å²) in [5.41, 5.74) is 5.84. The summed E-state index contributed by atoms with van der Waals surface area (Å²) in [4.78, 5) is 21.1. The zero-order valence-corrected chi connectivity index (χ0v) is 15.6. The number of aliphatic hydroxyl groups is 1. The van der Waals surface area contributed by atoms with Crippen molar-refractivity contribution < 1.29 is 14.7 Å². The molecule has 0 saturated heterocycles. The number of aryl methyl sites for hydroxylation is 1. The standard InChI is InChI=1S/C19H15N5O3S/c1-12-6-8-14(9-7-12)24-17(18(26)27-23-24)15-11-28-19(21-15)22-20-10-13-4-2-3-5-16(13)25/h2-11,23,26H,1H3/b13-10+,22-20?. The van der Waals surface area contributed by atoms with Crippen LogP contribution in [0.25, 0.3) is 5.70 Å². The van der Waals surface area contributed by atoms with Crippen molar-refractivity contribution in [1.82, 2.24) is 10.6 Å². The van der Waals surface area contributed by atoms with Crippen molar-refractivity contribution in [2.75, 3.05) is 5.01 Å². The maximum atomic E-state index is 11.7. The maximum Gasteiger partial charge on any atom is 0.327 e. The predicted octanol–water partition coefficient (Wildman–Crippen LogP) is 4.25. The second kappa shape index (κ2) is 7.59. The van der Waals surface area contributed by atoms with E-state index in [0.29, 0.717) is 22.1 Å². The topological polar surface area (TPSA) is 99.4 Å². The van der Waals surface area contributed by atoms with Crippen LogP contribution in [-0.2, 0) is 9.63 Å². The van der Waals surface area contributed by atoms with Crippen LogP contribution in [0, 0.1) is 6.92 Å². The highest BCUT2D eigenvalue weighted by molar-refractivity contribution is 7.13. The molecule has 1 aromatic heterocycles. The minimum absolute atomic E-state index is 0.126. The number of aromatic nitrogens is 1. The molecule has 0 saturated carbocycles. The number of carbonyl (C=O) groups excluding carboxylic acids is 1. The van der Waals surface area contributed by atoms with Gasteiger partial charge in [0.05, 0.1) is 11.9 Å². The van der Waals surface area contributed by atoms with Gasteiger partial charge in [-0.05, 0) is 31.2 Å². The average molecular weight is 393 g/mol. The van der Waals surface area contributed by atoms with E-state index in [1.54, 1.807) is 28.6 Å². The summed E-state index contributed by atoms with van der Waals surface area (Å²) >= 11 is 1.25. The van der Waals surface area contributed by atoms with Gasteiger partial charge in [0.1, 0.15) is 5.69 Å². The SMILES string of the molecule is Cc1ccc(N2NOC(O)=C2c2csc(N=N/C=C3\C=CC=CC3=O)n2)cc1. The van der Waals surface area contributed by atoms with E-state index in [4.69, 9.17) is 4.84 Å². The lowest BCUT2D eigenvalue weighted by atomic mass is 10.1. The first-order valence-electron chi connectivity index (χ1n) is 8.30. The molecule has 2 heterocycles. The van der Waals surface area contributed by atoms with Crippen molar-refractivity contribution >= 4 is 33.6 Å². The van der Waals surface area contributed by atoms with Crippen LogP contribution in [0.3, 0.4) is 0 Å². The zero-order valence-electron chi connectivity index (χ0n) is 14.7. The fraction of sp³-hybridized carbons (Fsp3) is 0.0526. The van der Waals surface area contributed by atoms with Crippen molar-refractivity contribution in [3.63, 3.8) is 0 Å². The first-order valence-corrected chi connectivity index (χ1v) is 9.18. The molecule has 2 N–H and O–H groups in total. The number of allylic oxidation sites excluding steroid dienone is 5. The van der Waals surface area contributed by atoms with Gasteiger partial charge < -0.3 is 9.94 Å². The van der Waals surface area contributed by atoms with Crippen LogP contribution in [0.1, 0.15) is 11.3 Å². The lowest BCUT2D eigenvalue weighted by molar-refractivity contribution is -0.111. The Morgan fingerprint density at radius 3 is 2.82 bits per heavy atom. The molecule has 2 aliphatic rings. The van der Waals surface area contributed by atoms with Gasteiger partial charge in [0.25, 0.3) is 0 Å². The summed E-state index contributed by atoms with van der Waals surface area (Å²) < 4.78 is 0. The Kier molecular flexibility index (Phi) is 4.83. The summed E-state index contributed by atoms with van der Waals surface area (Å²) in [6.45, 7) is 1.99. The summed E-state index contributed by atoms with van der Waals surface area (Å²) in [6, 6.07) is 7.70. The predicted molar refractivity (Wildman–Crippen MR) is 105 cm³/mol. The van der Waals surface area contributed by atoms with Gasteiger partial charge in [-0.25, -0.2) is 9.99 Å². The van der Waals surface area contributed by atoms with Crippen LogP contribution in [-0.4, -0.2) is 15.9 Å². The summed E-state index contributed by atoms with van der Waals surface area (Å²) in [6.07, 6.45) is 7.94. The maximum absolute atomic E-state index is 11.7. The number of azo groups is 1. The van der Waals surface area contributed by atoms with E-state index in [0.717, 1.165) is 11.3 Å². The largest absolute Gasteiger partial charge is 0.478 e. The minimum Gasteiger partial charge on any atom is -0.478 e. The highest BCUT2D eigenvalue weighted by atomic mass is 32.1. The molecule has 0 unspecified atom stereocenters. The second-order valence-electron chi connectivity index (χ2n) is 5.92. The quantitative estimate of drug-likeness (QED) is 0.595. The smallest absolute Gasteiger partial charge is 0.327 e. The third-order valence-electron chi connectivity index (χ3n) is 3.95. The molecule has 1 aliphatic heterocycles. The first-order chi connectivity index (χ1) is 13.6. The minimum atomic E-state index is -0.291. The van der Waals surface area contributed by atoms with Crippen molar-refractivity contribution in [3.8, 4) is 0 Å². The number of nitrogens with one attached hydrogen (secondary N) is 1. The Balaban J connectivity index is 1.55. The third kappa shape index (κ3) is 3.61. The van der Waals surface area contributed by atoms with Crippen molar-refractivity contribution in [2.24, 2.45) is 10.2 Å². The van der Waals surface area contributed by atoms with Gasteiger partial charge >= 0.3 is 5.95 Å². The van der Waals surface area contributed by atoms with Crippen LogP contribution < -0.4 is 10.6 Å². The Bertz CT molecular complexity index is 1060. The van der Waals surface area contributed by atoms with E-state index in [1.807, 2.05) is 31.2 Å². The molecule has 4 rings (SSSR count). The fourth-order valence-corrected chi connectivity index (χ4v) is 3.15. The van der Waals surface area contributed by atoms with Crippen LogP contribution in [0.2, 0.25) is 0 Å². The summed E-state index contributed by atoms with van der Waals surface area (Å²) in [5.74, 6) is -0.416. The molecule has 0 atom stereocenters. The lowest BCUT2D eigenvalue weighted by Crippen LogP contribution is -2.30. The molecule has 1 aliphatic carbocycles. The van der Waals surface area contributed by atoms with Crippen molar-refractivity contribution in [2.45, 2.75) is 6.92 Å². The van der Waals surface area contributed by atoms with E-state index in [9.17, 15) is 9.90 Å². The molecule has 9 heteroatoms. The molecule has 0 spiro atoms. The molecule has 0 bridgehead atoms. The van der Waals surface area contributed by atoms with Crippen molar-refractivity contribution in [3.05, 3.63) is 82.9 Å². The van der Waals surface area contributed by atoms with Gasteiger partial charge in [-0.1, -0.05) is 35.4 Å². The van der Waals surface area contributed by atoms with E-state index >= 15 is 0 Å². The van der Waals surface area contributed by atoms with E-state index in [1.165, 1.54) is 23.6 Å². The van der Waals surface area contributed by atoms with Gasteiger partial charge in [-0.15, -0.1) is 16.5 Å². The number of rotatable bonds is 4. The number of hydrogen-bond donors (Lipinski definition) is 2. The van der Waals surface area contributed by atoms with E-state index in [2.05, 4.69) is 20.8 Å². The molecule has 0 radical (unpaired) electrons. The van der Waals surface area contributed by atoms with Gasteiger partial charge in [0.15, 0.2) is 11.5 Å². The molecule has 28 heavy (non-hydrogen) atoms. The van der Waals surface area contributed by atoms with Crippen LogP contribution >= 0.6 is 11.3 Å². The van der Waals surface area contributed by atoms with Crippen LogP contribution in [0.5, 0.6) is 0 Å². The number of anilines is 1. The number of benzene rings is 1. The highest BCUT2D eigenvalue weighted by Gasteiger charge is 2.29. The molecule has 1 aromatic carbocycles. The van der Waals surface area contributed by atoms with Crippen LogP contribution in [0.15, 0.2) is 81.9 Å². The summed E-state index contributed by atoms with van der Waals surface area (Å²) in [5, 5.41) is 21.8. The lowest BCUT2D eigenvalue weighted by Gasteiger charge is -2.17. The molecule has 140 valence electrons. The number of carbonyl (C=O) groups is 1. The van der Waals surface area contributed by atoms with E-state index in [-0.39, 0.29) is 11.7 Å². The fourth-order valence-electron chi connectivity index (χ4n) is 2.52. The Morgan fingerprint density at radius 2 is 2.04 bits per heavy atom. The molecular weight excluding hydrogens is 378 g/mol. The van der Waals surface area contributed by atoms with Gasteiger partial charge in [-0.2, -0.15) is 5.11 Å². The average Bonchev–Trinajstić information content (AvgIpc) is 3.30. The number of nitrogens with zero attached hydrogens (tertiary/aromatic N) is 4. The number of hydrogen-bond acceptors (Lipinski definition) is 9. The molecule has 2 aromatic rings. The Labute approximate surface area is 164 Å². The van der Waals surface area contributed by atoms with Crippen LogP contribution in [0.4, 0.5) is 10.8 Å². The molecule has 0 fully saturated rings. The van der Waals surface area contributed by atoms with Gasteiger partial charge in [0.2, 0.25) is 5.13 Å². The number of hydrazine groups is 1. The monoisotopic (exact) mass is 393 g/mol. The number of ketones is 1. The molecule has 0 amide bonds. The Morgan fingerprint density at radius 1 is 1.25 bits per heavy atom. The van der Waals surface area contributed by atoms with E-state index < -0.39 is 0 Å². The Hall–Kier alpha value is -3.56.